The Bertz CT molecular complexity index is 937. The Balaban J connectivity index is 1.91. The third-order valence-corrected chi connectivity index (χ3v) is 7.16. The van der Waals surface area contributed by atoms with Crippen LogP contribution in [-0.2, 0) is 4.79 Å². The minimum Gasteiger partial charge on any atom is -0.355 e. The second-order valence-electron chi connectivity index (χ2n) is 7.64. The van der Waals surface area contributed by atoms with Crippen LogP contribution in [0.5, 0.6) is 0 Å². The average Bonchev–Trinajstić information content (AvgIpc) is 2.93. The summed E-state index contributed by atoms with van der Waals surface area (Å²) in [5.74, 6) is 0.393. The van der Waals surface area contributed by atoms with E-state index in [4.69, 9.17) is 34.8 Å². The zero-order valence-electron chi connectivity index (χ0n) is 15.1. The van der Waals surface area contributed by atoms with Crippen LogP contribution in [0.1, 0.15) is 36.8 Å². The summed E-state index contributed by atoms with van der Waals surface area (Å²) < 4.78 is 0. The molecule has 4 atom stereocenters. The van der Waals surface area contributed by atoms with Gasteiger partial charge in [-0.1, -0.05) is 64.7 Å². The number of allylic oxidation sites excluding steroid dienone is 1. The number of hydrogen-bond donors (Lipinski definition) is 1. The lowest BCUT2D eigenvalue weighted by atomic mass is 9.58. The molecule has 0 radical (unpaired) electrons. The molecule has 1 heterocycles. The maximum absolute atomic E-state index is 12.7. The Morgan fingerprint density at radius 3 is 2.37 bits per heavy atom. The predicted molar refractivity (Wildman–Crippen MR) is 112 cm³/mol. The molecule has 4 rings (SSSR count). The minimum absolute atomic E-state index is 0.0571. The van der Waals surface area contributed by atoms with Crippen LogP contribution in [0, 0.1) is 11.3 Å². The molecule has 1 aliphatic carbocycles. The minimum atomic E-state index is -0.514. The van der Waals surface area contributed by atoms with Crippen LogP contribution in [0.2, 0.25) is 15.1 Å². The summed E-state index contributed by atoms with van der Waals surface area (Å²) in [6, 6.07) is 13.6. The van der Waals surface area contributed by atoms with Crippen molar-refractivity contribution in [2.24, 2.45) is 11.3 Å². The predicted octanol–water partition coefficient (Wildman–Crippen LogP) is 6.23. The quantitative estimate of drug-likeness (QED) is 0.574. The van der Waals surface area contributed by atoms with Gasteiger partial charge >= 0.3 is 0 Å². The van der Waals surface area contributed by atoms with E-state index in [9.17, 15) is 4.79 Å². The standard InChI is InChI=1S/C22H20Cl3NO/c1-12-9-17(16-8-7-15(24)10-19(16)25)20(13-3-5-14(23)6-4-13)18-11-26-21(27)22(12,18)2/h3-10,17-18,20H,11H2,1-2H3,(H,26,27). The summed E-state index contributed by atoms with van der Waals surface area (Å²) >= 11 is 18.8. The van der Waals surface area contributed by atoms with Crippen LogP contribution in [0.4, 0.5) is 0 Å². The lowest BCUT2D eigenvalue weighted by Gasteiger charge is -2.44. The Hall–Kier alpha value is -1.48. The topological polar surface area (TPSA) is 29.1 Å². The van der Waals surface area contributed by atoms with Crippen LogP contribution in [0.25, 0.3) is 0 Å². The van der Waals surface area contributed by atoms with Crippen molar-refractivity contribution < 1.29 is 4.79 Å². The van der Waals surface area contributed by atoms with E-state index in [0.717, 1.165) is 16.7 Å². The van der Waals surface area contributed by atoms with Gasteiger partial charge in [0.1, 0.15) is 0 Å². The van der Waals surface area contributed by atoms with Crippen molar-refractivity contribution in [2.75, 3.05) is 6.54 Å². The third-order valence-electron chi connectivity index (χ3n) is 6.34. The number of carbonyl (C=O) groups excluding carboxylic acids is 1. The number of carbonyl (C=O) groups is 1. The summed E-state index contributed by atoms with van der Waals surface area (Å²) in [7, 11) is 0. The van der Waals surface area contributed by atoms with Crippen molar-refractivity contribution in [1.29, 1.82) is 0 Å². The van der Waals surface area contributed by atoms with Crippen LogP contribution in [0.15, 0.2) is 54.1 Å². The first-order valence-electron chi connectivity index (χ1n) is 9.00. The Kier molecular flexibility index (Phi) is 4.78. The molecule has 5 heteroatoms. The summed E-state index contributed by atoms with van der Waals surface area (Å²) in [5.41, 5.74) is 2.76. The zero-order valence-corrected chi connectivity index (χ0v) is 17.4. The number of nitrogens with one attached hydrogen (secondary N) is 1. The molecule has 27 heavy (non-hydrogen) atoms. The second-order valence-corrected chi connectivity index (χ2v) is 8.92. The molecule has 2 aliphatic rings. The van der Waals surface area contributed by atoms with E-state index in [1.807, 2.05) is 31.2 Å². The van der Waals surface area contributed by atoms with Crippen LogP contribution in [0.3, 0.4) is 0 Å². The maximum Gasteiger partial charge on any atom is 0.230 e. The van der Waals surface area contributed by atoms with E-state index in [-0.39, 0.29) is 23.7 Å². The summed E-state index contributed by atoms with van der Waals surface area (Å²) in [6.45, 7) is 4.75. The van der Waals surface area contributed by atoms with Crippen molar-refractivity contribution in [3.63, 3.8) is 0 Å². The second kappa shape index (κ2) is 6.84. The SMILES string of the molecule is CC1=CC(c2ccc(Cl)cc2Cl)C(c2ccc(Cl)cc2)C2CNC(=O)C12C. The van der Waals surface area contributed by atoms with E-state index in [2.05, 4.69) is 30.4 Å². The number of rotatable bonds is 2. The van der Waals surface area contributed by atoms with E-state index in [1.165, 1.54) is 0 Å². The van der Waals surface area contributed by atoms with Gasteiger partial charge in [-0.2, -0.15) is 0 Å². The lowest BCUT2D eigenvalue weighted by Crippen LogP contribution is -2.40. The zero-order chi connectivity index (χ0) is 19.3. The van der Waals surface area contributed by atoms with Gasteiger partial charge < -0.3 is 5.32 Å². The fraction of sp³-hybridized carbons (Fsp3) is 0.318. The van der Waals surface area contributed by atoms with E-state index >= 15 is 0 Å². The fourth-order valence-corrected chi connectivity index (χ4v) is 5.35. The summed E-state index contributed by atoms with van der Waals surface area (Å²) in [5, 5.41) is 5.05. The molecule has 2 aromatic carbocycles. The van der Waals surface area contributed by atoms with E-state index < -0.39 is 5.41 Å². The maximum atomic E-state index is 12.7. The molecule has 4 unspecified atom stereocenters. The molecule has 1 fully saturated rings. The molecule has 1 amide bonds. The molecule has 1 aliphatic heterocycles. The molecular formula is C22H20Cl3NO. The first kappa shape index (κ1) is 18.9. The van der Waals surface area contributed by atoms with Gasteiger partial charge in [-0.25, -0.2) is 0 Å². The monoisotopic (exact) mass is 419 g/mol. The first-order valence-corrected chi connectivity index (χ1v) is 10.1. The van der Waals surface area contributed by atoms with Crippen LogP contribution >= 0.6 is 34.8 Å². The van der Waals surface area contributed by atoms with Gasteiger partial charge in [0, 0.05) is 39.4 Å². The molecule has 0 bridgehead atoms. The van der Waals surface area contributed by atoms with E-state index in [0.29, 0.717) is 21.6 Å². The number of hydrogen-bond acceptors (Lipinski definition) is 1. The van der Waals surface area contributed by atoms with Crippen molar-refractivity contribution in [3.8, 4) is 0 Å². The highest BCUT2D eigenvalue weighted by molar-refractivity contribution is 6.35. The van der Waals surface area contributed by atoms with Gasteiger partial charge in [-0.05, 0) is 49.2 Å². The molecule has 0 saturated carbocycles. The number of fused-ring (bicyclic) bond motifs is 1. The molecular weight excluding hydrogens is 401 g/mol. The molecule has 140 valence electrons. The highest BCUT2D eigenvalue weighted by Gasteiger charge is 2.55. The van der Waals surface area contributed by atoms with Gasteiger partial charge in [0.2, 0.25) is 5.91 Å². The van der Waals surface area contributed by atoms with Gasteiger partial charge in [0.05, 0.1) is 5.41 Å². The molecule has 1 saturated heterocycles. The van der Waals surface area contributed by atoms with Crippen molar-refractivity contribution in [2.45, 2.75) is 25.7 Å². The molecule has 0 spiro atoms. The Morgan fingerprint density at radius 1 is 1.04 bits per heavy atom. The third kappa shape index (κ3) is 2.99. The van der Waals surface area contributed by atoms with Crippen molar-refractivity contribution >= 4 is 40.7 Å². The average molecular weight is 421 g/mol. The molecule has 2 nitrogen and oxygen atoms in total. The number of benzene rings is 2. The smallest absolute Gasteiger partial charge is 0.230 e. The normalized spacial score (nSPS) is 29.9. The van der Waals surface area contributed by atoms with Crippen LogP contribution in [-0.4, -0.2) is 12.5 Å². The Labute approximate surface area is 174 Å². The van der Waals surface area contributed by atoms with Gasteiger partial charge in [0.15, 0.2) is 0 Å². The largest absolute Gasteiger partial charge is 0.355 e. The van der Waals surface area contributed by atoms with Crippen molar-refractivity contribution in [1.82, 2.24) is 5.32 Å². The summed E-state index contributed by atoms with van der Waals surface area (Å²) in [4.78, 5) is 12.7. The van der Waals surface area contributed by atoms with Gasteiger partial charge in [-0.3, -0.25) is 4.79 Å². The highest BCUT2D eigenvalue weighted by Crippen LogP contribution is 2.56. The molecule has 2 aromatic rings. The summed E-state index contributed by atoms with van der Waals surface area (Å²) in [6.07, 6.45) is 2.20. The van der Waals surface area contributed by atoms with E-state index in [1.54, 1.807) is 6.07 Å². The highest BCUT2D eigenvalue weighted by atomic mass is 35.5. The fourth-order valence-electron chi connectivity index (χ4n) is 4.69. The Morgan fingerprint density at radius 2 is 1.70 bits per heavy atom. The number of amides is 1. The number of halogens is 3. The molecule has 0 aromatic heterocycles. The lowest BCUT2D eigenvalue weighted by molar-refractivity contribution is -0.126. The van der Waals surface area contributed by atoms with Crippen LogP contribution < -0.4 is 5.32 Å². The van der Waals surface area contributed by atoms with Gasteiger partial charge in [-0.15, -0.1) is 0 Å². The first-order chi connectivity index (χ1) is 12.8. The van der Waals surface area contributed by atoms with Gasteiger partial charge in [0.25, 0.3) is 0 Å². The molecule has 1 N–H and O–H groups in total. The van der Waals surface area contributed by atoms with Crippen molar-refractivity contribution in [3.05, 3.63) is 80.3 Å².